The summed E-state index contributed by atoms with van der Waals surface area (Å²) in [7, 11) is 0. The number of benzene rings is 1. The first-order valence-electron chi connectivity index (χ1n) is 6.91. The van der Waals surface area contributed by atoms with Crippen molar-refractivity contribution >= 4 is 11.8 Å². The summed E-state index contributed by atoms with van der Waals surface area (Å²) in [6.07, 6.45) is 2.55. The van der Waals surface area contributed by atoms with Gasteiger partial charge in [0.1, 0.15) is 11.6 Å². The molecule has 19 heavy (non-hydrogen) atoms. The Morgan fingerprint density at radius 1 is 1.37 bits per heavy atom. The van der Waals surface area contributed by atoms with Crippen LogP contribution in [0.1, 0.15) is 32.3 Å². The standard InChI is InChI=1S/C15H24FNOS/c1-3-14(17)11-12-10-13(16)6-7-15(12)18-8-5-9-19-4-2/h6-7,10,14H,3-5,8-9,11,17H2,1-2H3. The van der Waals surface area contributed by atoms with Crippen LogP contribution in [0.3, 0.4) is 0 Å². The third kappa shape index (κ3) is 6.30. The van der Waals surface area contributed by atoms with Crippen molar-refractivity contribution in [2.24, 2.45) is 5.73 Å². The normalized spacial score (nSPS) is 12.4. The molecular weight excluding hydrogens is 261 g/mol. The molecule has 1 unspecified atom stereocenters. The molecule has 0 heterocycles. The van der Waals surface area contributed by atoms with Crippen molar-refractivity contribution in [1.29, 1.82) is 0 Å². The molecule has 0 aliphatic carbocycles. The van der Waals surface area contributed by atoms with Crippen LogP contribution in [0.5, 0.6) is 5.75 Å². The molecule has 0 radical (unpaired) electrons. The van der Waals surface area contributed by atoms with E-state index in [4.69, 9.17) is 10.5 Å². The van der Waals surface area contributed by atoms with E-state index in [-0.39, 0.29) is 11.9 Å². The fourth-order valence-electron chi connectivity index (χ4n) is 1.76. The lowest BCUT2D eigenvalue weighted by atomic mass is 10.0. The zero-order valence-electron chi connectivity index (χ0n) is 11.8. The predicted octanol–water partition coefficient (Wildman–Crippen LogP) is 3.63. The average Bonchev–Trinajstić information content (AvgIpc) is 2.40. The van der Waals surface area contributed by atoms with Gasteiger partial charge in [-0.15, -0.1) is 0 Å². The second-order valence-corrected chi connectivity index (χ2v) is 5.92. The average molecular weight is 285 g/mol. The van der Waals surface area contributed by atoms with Gasteiger partial charge >= 0.3 is 0 Å². The van der Waals surface area contributed by atoms with E-state index in [1.807, 2.05) is 18.7 Å². The zero-order chi connectivity index (χ0) is 14.1. The maximum atomic E-state index is 13.3. The highest BCUT2D eigenvalue weighted by Gasteiger charge is 2.09. The molecule has 2 N–H and O–H groups in total. The predicted molar refractivity (Wildman–Crippen MR) is 81.5 cm³/mol. The minimum Gasteiger partial charge on any atom is -0.493 e. The minimum absolute atomic E-state index is 0.0554. The third-order valence-electron chi connectivity index (χ3n) is 2.92. The van der Waals surface area contributed by atoms with Crippen molar-refractivity contribution in [3.05, 3.63) is 29.6 Å². The van der Waals surface area contributed by atoms with Crippen LogP contribution >= 0.6 is 11.8 Å². The molecule has 0 aliphatic rings. The molecule has 0 aliphatic heterocycles. The summed E-state index contributed by atoms with van der Waals surface area (Å²) in [6.45, 7) is 4.86. The van der Waals surface area contributed by atoms with Crippen LogP contribution in [0.4, 0.5) is 4.39 Å². The SMILES string of the molecule is CCSCCCOc1ccc(F)cc1CC(N)CC. The molecule has 0 aromatic heterocycles. The van der Waals surface area contributed by atoms with Crippen molar-refractivity contribution in [3.8, 4) is 5.75 Å². The van der Waals surface area contributed by atoms with Crippen LogP contribution in [-0.4, -0.2) is 24.2 Å². The Bertz CT molecular complexity index is 373. The topological polar surface area (TPSA) is 35.2 Å². The Morgan fingerprint density at radius 3 is 2.84 bits per heavy atom. The Balaban J connectivity index is 2.55. The van der Waals surface area contributed by atoms with Crippen molar-refractivity contribution < 1.29 is 9.13 Å². The molecule has 108 valence electrons. The van der Waals surface area contributed by atoms with Crippen molar-refractivity contribution in [3.63, 3.8) is 0 Å². The van der Waals surface area contributed by atoms with Gasteiger partial charge in [0.05, 0.1) is 6.61 Å². The monoisotopic (exact) mass is 285 g/mol. The fourth-order valence-corrected chi connectivity index (χ4v) is 2.37. The second-order valence-electron chi connectivity index (χ2n) is 4.52. The van der Waals surface area contributed by atoms with Gasteiger partial charge in [-0.25, -0.2) is 4.39 Å². The van der Waals surface area contributed by atoms with Crippen LogP contribution in [-0.2, 0) is 6.42 Å². The van der Waals surface area contributed by atoms with Gasteiger partial charge in [0.15, 0.2) is 0 Å². The molecule has 1 aromatic carbocycles. The quantitative estimate of drug-likeness (QED) is 0.704. The van der Waals surface area contributed by atoms with E-state index in [1.54, 1.807) is 6.07 Å². The Kier molecular flexibility index (Phi) is 7.91. The lowest BCUT2D eigenvalue weighted by Crippen LogP contribution is -2.22. The summed E-state index contributed by atoms with van der Waals surface area (Å²) in [6, 6.07) is 4.74. The fraction of sp³-hybridized carbons (Fsp3) is 0.600. The van der Waals surface area contributed by atoms with Crippen molar-refractivity contribution in [1.82, 2.24) is 0 Å². The van der Waals surface area contributed by atoms with Gasteiger partial charge in [0.2, 0.25) is 0 Å². The molecule has 4 heteroatoms. The van der Waals surface area contributed by atoms with Crippen LogP contribution in [0, 0.1) is 5.82 Å². The highest BCUT2D eigenvalue weighted by atomic mass is 32.2. The number of rotatable bonds is 9. The van der Waals surface area contributed by atoms with E-state index < -0.39 is 0 Å². The van der Waals surface area contributed by atoms with E-state index in [0.717, 1.165) is 35.7 Å². The largest absolute Gasteiger partial charge is 0.493 e. The summed E-state index contributed by atoms with van der Waals surface area (Å²) in [5, 5.41) is 0. The van der Waals surface area contributed by atoms with Crippen LogP contribution in [0.25, 0.3) is 0 Å². The summed E-state index contributed by atoms with van der Waals surface area (Å²) in [5.74, 6) is 2.77. The highest BCUT2D eigenvalue weighted by molar-refractivity contribution is 7.99. The molecule has 0 amide bonds. The van der Waals surface area contributed by atoms with Crippen molar-refractivity contribution in [2.45, 2.75) is 39.2 Å². The lowest BCUT2D eigenvalue weighted by Gasteiger charge is -2.14. The number of nitrogens with two attached hydrogens (primary N) is 1. The van der Waals surface area contributed by atoms with E-state index in [2.05, 4.69) is 6.92 Å². The molecule has 0 fully saturated rings. The molecule has 1 aromatic rings. The zero-order valence-corrected chi connectivity index (χ0v) is 12.6. The number of ether oxygens (including phenoxy) is 1. The molecule has 0 spiro atoms. The summed E-state index contributed by atoms with van der Waals surface area (Å²) >= 11 is 1.90. The molecule has 1 rings (SSSR count). The first-order valence-corrected chi connectivity index (χ1v) is 8.07. The van der Waals surface area contributed by atoms with Gasteiger partial charge < -0.3 is 10.5 Å². The lowest BCUT2D eigenvalue weighted by molar-refractivity contribution is 0.314. The number of thioether (sulfide) groups is 1. The Labute approximate surface area is 119 Å². The van der Waals surface area contributed by atoms with E-state index in [9.17, 15) is 4.39 Å². The van der Waals surface area contributed by atoms with Crippen LogP contribution in [0.15, 0.2) is 18.2 Å². The number of hydrogen-bond acceptors (Lipinski definition) is 3. The highest BCUT2D eigenvalue weighted by Crippen LogP contribution is 2.22. The molecular formula is C15H24FNOS. The van der Waals surface area contributed by atoms with E-state index >= 15 is 0 Å². The third-order valence-corrected chi connectivity index (χ3v) is 3.91. The summed E-state index contributed by atoms with van der Waals surface area (Å²) in [5.41, 5.74) is 6.81. The molecule has 1 atom stereocenters. The Morgan fingerprint density at radius 2 is 2.16 bits per heavy atom. The van der Waals surface area contributed by atoms with E-state index in [1.165, 1.54) is 12.1 Å². The van der Waals surface area contributed by atoms with Crippen LogP contribution in [0.2, 0.25) is 0 Å². The van der Waals surface area contributed by atoms with Crippen molar-refractivity contribution in [2.75, 3.05) is 18.1 Å². The van der Waals surface area contributed by atoms with Gasteiger partial charge in [-0.05, 0) is 54.5 Å². The molecule has 0 saturated carbocycles. The molecule has 2 nitrogen and oxygen atoms in total. The van der Waals surface area contributed by atoms with E-state index in [0.29, 0.717) is 13.0 Å². The van der Waals surface area contributed by atoms with Gasteiger partial charge in [-0.2, -0.15) is 11.8 Å². The maximum absolute atomic E-state index is 13.3. The second kappa shape index (κ2) is 9.21. The Hall–Kier alpha value is -0.740. The van der Waals surface area contributed by atoms with Gasteiger partial charge in [-0.3, -0.25) is 0 Å². The van der Waals surface area contributed by atoms with Gasteiger partial charge in [-0.1, -0.05) is 13.8 Å². The van der Waals surface area contributed by atoms with Crippen LogP contribution < -0.4 is 10.5 Å². The first kappa shape index (κ1) is 16.3. The molecule has 0 saturated heterocycles. The number of hydrogen-bond donors (Lipinski definition) is 1. The van der Waals surface area contributed by atoms with Gasteiger partial charge in [0, 0.05) is 6.04 Å². The number of halogens is 1. The summed E-state index contributed by atoms with van der Waals surface area (Å²) in [4.78, 5) is 0. The first-order chi connectivity index (χ1) is 9.17. The minimum atomic E-state index is -0.229. The smallest absolute Gasteiger partial charge is 0.123 e. The summed E-state index contributed by atoms with van der Waals surface area (Å²) < 4.78 is 19.0. The maximum Gasteiger partial charge on any atom is 0.123 e. The molecule has 0 bridgehead atoms. The van der Waals surface area contributed by atoms with Gasteiger partial charge in [0.25, 0.3) is 0 Å².